The summed E-state index contributed by atoms with van der Waals surface area (Å²) in [5.41, 5.74) is 2.73. The van der Waals surface area contributed by atoms with Crippen LogP contribution in [0.5, 0.6) is 0 Å². The molecule has 0 aliphatic carbocycles. The number of amides is 1. The first kappa shape index (κ1) is 17.5. The van der Waals surface area contributed by atoms with Crippen LogP contribution < -0.4 is 16.0 Å². The zero-order valence-electron chi connectivity index (χ0n) is 13.8. The lowest BCUT2D eigenvalue weighted by atomic mass is 10.1. The molecule has 0 aliphatic heterocycles. The molecule has 0 atom stereocenters. The molecule has 0 heterocycles. The molecule has 6 heteroatoms. The molecule has 2 aromatic carbocycles. The number of guanidine groups is 1. The first-order valence-corrected chi connectivity index (χ1v) is 7.62. The van der Waals surface area contributed by atoms with Crippen molar-refractivity contribution in [2.24, 2.45) is 4.99 Å². The number of rotatable bonds is 5. The van der Waals surface area contributed by atoms with Crippen molar-refractivity contribution in [1.82, 2.24) is 10.6 Å². The quantitative estimate of drug-likeness (QED) is 0.583. The minimum atomic E-state index is -0.392. The van der Waals surface area contributed by atoms with E-state index in [-0.39, 0.29) is 12.5 Å². The van der Waals surface area contributed by atoms with Gasteiger partial charge in [-0.15, -0.1) is 0 Å². The van der Waals surface area contributed by atoms with Crippen LogP contribution in [0.25, 0.3) is 0 Å². The maximum Gasteiger partial charge on any atom is 0.243 e. The second-order valence-electron chi connectivity index (χ2n) is 5.33. The Balaban J connectivity index is 1.79. The van der Waals surface area contributed by atoms with Gasteiger partial charge in [0.1, 0.15) is 5.82 Å². The van der Waals surface area contributed by atoms with Crippen molar-refractivity contribution in [3.8, 4) is 0 Å². The Morgan fingerprint density at radius 1 is 1.12 bits per heavy atom. The summed E-state index contributed by atoms with van der Waals surface area (Å²) in [5, 5.41) is 8.68. The third-order valence-electron chi connectivity index (χ3n) is 3.29. The molecule has 0 bridgehead atoms. The Kier molecular flexibility index (Phi) is 6.31. The van der Waals surface area contributed by atoms with Crippen LogP contribution in [0.1, 0.15) is 11.1 Å². The molecule has 0 aliphatic rings. The summed E-state index contributed by atoms with van der Waals surface area (Å²) in [7, 11) is 1.63. The van der Waals surface area contributed by atoms with Gasteiger partial charge in [0.05, 0.1) is 6.54 Å². The van der Waals surface area contributed by atoms with E-state index in [1.165, 1.54) is 17.7 Å². The van der Waals surface area contributed by atoms with Crippen molar-refractivity contribution >= 4 is 17.6 Å². The molecular formula is C18H21FN4O. The van der Waals surface area contributed by atoms with E-state index < -0.39 is 5.82 Å². The highest BCUT2D eigenvalue weighted by Gasteiger charge is 2.05. The van der Waals surface area contributed by atoms with Crippen molar-refractivity contribution < 1.29 is 9.18 Å². The van der Waals surface area contributed by atoms with Crippen LogP contribution in [-0.4, -0.2) is 25.5 Å². The number of hydrogen-bond donors (Lipinski definition) is 3. The molecule has 2 aromatic rings. The normalized spacial score (nSPS) is 11.0. The number of halogens is 1. The molecule has 126 valence electrons. The molecule has 0 unspecified atom stereocenters. The Bertz CT molecular complexity index is 730. The third-order valence-corrected chi connectivity index (χ3v) is 3.29. The Hall–Kier alpha value is -2.89. The summed E-state index contributed by atoms with van der Waals surface area (Å²) < 4.78 is 13.1. The maximum absolute atomic E-state index is 13.1. The average Bonchev–Trinajstić information content (AvgIpc) is 2.55. The zero-order chi connectivity index (χ0) is 17.4. The van der Waals surface area contributed by atoms with Gasteiger partial charge in [-0.2, -0.15) is 0 Å². The van der Waals surface area contributed by atoms with Crippen molar-refractivity contribution in [2.45, 2.75) is 13.5 Å². The molecule has 0 saturated heterocycles. The highest BCUT2D eigenvalue weighted by Crippen LogP contribution is 2.08. The number of nitrogens with zero attached hydrogens (tertiary/aromatic N) is 1. The fourth-order valence-corrected chi connectivity index (χ4v) is 2.16. The number of aliphatic imine (C=N–C) groups is 1. The van der Waals surface area contributed by atoms with Crippen molar-refractivity contribution in [3.63, 3.8) is 0 Å². The lowest BCUT2D eigenvalue weighted by molar-refractivity contribution is -0.115. The molecule has 2 rings (SSSR count). The predicted octanol–water partition coefficient (Wildman–Crippen LogP) is 2.44. The second kappa shape index (κ2) is 8.67. The lowest BCUT2D eigenvalue weighted by Crippen LogP contribution is -2.41. The van der Waals surface area contributed by atoms with Crippen LogP contribution >= 0.6 is 0 Å². The summed E-state index contributed by atoms with van der Waals surface area (Å²) in [6, 6.07) is 13.9. The van der Waals surface area contributed by atoms with Crippen molar-refractivity contribution in [1.29, 1.82) is 0 Å². The monoisotopic (exact) mass is 328 g/mol. The van der Waals surface area contributed by atoms with E-state index in [0.717, 1.165) is 5.56 Å². The van der Waals surface area contributed by atoms with E-state index in [0.29, 0.717) is 18.2 Å². The van der Waals surface area contributed by atoms with Gasteiger partial charge in [0.2, 0.25) is 5.91 Å². The number of nitrogens with one attached hydrogen (secondary N) is 3. The molecule has 0 fully saturated rings. The van der Waals surface area contributed by atoms with Gasteiger partial charge in [-0.05, 0) is 30.7 Å². The van der Waals surface area contributed by atoms with E-state index in [4.69, 9.17) is 0 Å². The Morgan fingerprint density at radius 2 is 1.92 bits per heavy atom. The maximum atomic E-state index is 13.1. The second-order valence-corrected chi connectivity index (χ2v) is 5.33. The summed E-state index contributed by atoms with van der Waals surface area (Å²) >= 11 is 0. The SMILES string of the molecule is CN=C(NCC(=O)Nc1cccc(F)c1)NCc1cccc(C)c1. The molecule has 3 N–H and O–H groups in total. The number of benzene rings is 2. The third kappa shape index (κ3) is 5.72. The van der Waals surface area contributed by atoms with Crippen molar-refractivity contribution in [2.75, 3.05) is 18.9 Å². The van der Waals surface area contributed by atoms with Crippen LogP contribution in [0.2, 0.25) is 0 Å². The molecular weight excluding hydrogens is 307 g/mol. The predicted molar refractivity (Wildman–Crippen MR) is 94.4 cm³/mol. The number of carbonyl (C=O) groups is 1. The number of hydrogen-bond acceptors (Lipinski definition) is 2. The minimum Gasteiger partial charge on any atom is -0.352 e. The summed E-state index contributed by atoms with van der Waals surface area (Å²) in [5.74, 6) is -0.151. The van der Waals surface area contributed by atoms with E-state index in [2.05, 4.69) is 27.0 Å². The first-order chi connectivity index (χ1) is 11.6. The van der Waals surface area contributed by atoms with Gasteiger partial charge in [-0.25, -0.2) is 4.39 Å². The molecule has 0 aromatic heterocycles. The average molecular weight is 328 g/mol. The molecule has 24 heavy (non-hydrogen) atoms. The standard InChI is InChI=1S/C18H21FN4O/c1-13-5-3-6-14(9-13)11-21-18(20-2)22-12-17(24)23-16-8-4-7-15(19)10-16/h3-10H,11-12H2,1-2H3,(H,23,24)(H2,20,21,22). The molecule has 5 nitrogen and oxygen atoms in total. The summed E-state index contributed by atoms with van der Waals surface area (Å²) in [4.78, 5) is 16.0. The van der Waals surface area contributed by atoms with Crippen LogP contribution in [-0.2, 0) is 11.3 Å². The zero-order valence-corrected chi connectivity index (χ0v) is 13.8. The first-order valence-electron chi connectivity index (χ1n) is 7.62. The fraction of sp³-hybridized carbons (Fsp3) is 0.222. The van der Waals surface area contributed by atoms with E-state index in [1.54, 1.807) is 19.2 Å². The Labute approximate surface area is 141 Å². The minimum absolute atomic E-state index is 0.0318. The van der Waals surface area contributed by atoms with Crippen LogP contribution in [0.4, 0.5) is 10.1 Å². The molecule has 1 amide bonds. The number of anilines is 1. The van der Waals surface area contributed by atoms with Crippen LogP contribution in [0, 0.1) is 12.7 Å². The van der Waals surface area contributed by atoms with Gasteiger partial charge in [0.25, 0.3) is 0 Å². The highest BCUT2D eigenvalue weighted by atomic mass is 19.1. The molecule has 0 spiro atoms. The van der Waals surface area contributed by atoms with E-state index >= 15 is 0 Å². The summed E-state index contributed by atoms with van der Waals surface area (Å²) in [6.45, 7) is 2.67. The topological polar surface area (TPSA) is 65.5 Å². The molecule has 0 radical (unpaired) electrons. The largest absolute Gasteiger partial charge is 0.352 e. The van der Waals surface area contributed by atoms with Gasteiger partial charge in [0, 0.05) is 19.3 Å². The van der Waals surface area contributed by atoms with Crippen LogP contribution in [0.3, 0.4) is 0 Å². The fourth-order valence-electron chi connectivity index (χ4n) is 2.16. The van der Waals surface area contributed by atoms with E-state index in [1.807, 2.05) is 25.1 Å². The smallest absolute Gasteiger partial charge is 0.243 e. The van der Waals surface area contributed by atoms with Gasteiger partial charge >= 0.3 is 0 Å². The van der Waals surface area contributed by atoms with Gasteiger partial charge in [-0.1, -0.05) is 35.9 Å². The van der Waals surface area contributed by atoms with Crippen molar-refractivity contribution in [3.05, 3.63) is 65.5 Å². The van der Waals surface area contributed by atoms with Gasteiger partial charge in [0.15, 0.2) is 5.96 Å². The number of carbonyl (C=O) groups excluding carboxylic acids is 1. The summed E-state index contributed by atoms with van der Waals surface area (Å²) in [6.07, 6.45) is 0. The molecule has 0 saturated carbocycles. The van der Waals surface area contributed by atoms with E-state index in [9.17, 15) is 9.18 Å². The van der Waals surface area contributed by atoms with Gasteiger partial charge in [-0.3, -0.25) is 9.79 Å². The Morgan fingerprint density at radius 3 is 2.62 bits per heavy atom. The highest BCUT2D eigenvalue weighted by molar-refractivity contribution is 5.94. The number of aryl methyl sites for hydroxylation is 1. The van der Waals surface area contributed by atoms with Gasteiger partial charge < -0.3 is 16.0 Å². The lowest BCUT2D eigenvalue weighted by Gasteiger charge is -2.12. The van der Waals surface area contributed by atoms with Crippen LogP contribution in [0.15, 0.2) is 53.5 Å².